The molecule has 0 saturated heterocycles. The number of nitrogens with two attached hydrogens (primary N) is 1. The Morgan fingerprint density at radius 3 is 1.85 bits per heavy atom. The summed E-state index contributed by atoms with van der Waals surface area (Å²) in [6, 6.07) is 18.6. The number of carboxylic acids is 2. The number of aromatic nitrogens is 2. The lowest BCUT2D eigenvalue weighted by molar-refractivity contribution is 0.0511. The van der Waals surface area contributed by atoms with Gasteiger partial charge in [0.05, 0.1) is 63.2 Å². The lowest BCUT2D eigenvalue weighted by atomic mass is 10.0. The maximum Gasteiger partial charge on any atom is 0.335 e. The molecule has 1 aromatic heterocycles. The van der Waals surface area contributed by atoms with Crippen molar-refractivity contribution in [2.24, 2.45) is 5.73 Å². The summed E-state index contributed by atoms with van der Waals surface area (Å²) in [5, 5.41) is 22.5. The van der Waals surface area contributed by atoms with Crippen molar-refractivity contribution in [1.82, 2.24) is 14.9 Å². The molecule has 0 bridgehead atoms. The maximum atomic E-state index is 15.3. The van der Waals surface area contributed by atoms with Gasteiger partial charge in [-0.2, -0.15) is 0 Å². The maximum absolute atomic E-state index is 15.3. The number of hydrogen-bond acceptors (Lipinski definition) is 9. The van der Waals surface area contributed by atoms with Crippen LogP contribution in [0.4, 0.5) is 8.78 Å². The Morgan fingerprint density at radius 2 is 1.30 bits per heavy atom. The minimum Gasteiger partial charge on any atom is -0.494 e. The van der Waals surface area contributed by atoms with Gasteiger partial charge in [0.15, 0.2) is 23.1 Å². The molecule has 13 nitrogen and oxygen atoms in total. The third-order valence-corrected chi connectivity index (χ3v) is 8.23. The van der Waals surface area contributed by atoms with E-state index < -0.39 is 23.6 Å². The smallest absolute Gasteiger partial charge is 0.335 e. The fourth-order valence-corrected chi connectivity index (χ4v) is 5.64. The minimum atomic E-state index is -1.37. The Bertz CT molecular complexity index is 2110. The summed E-state index contributed by atoms with van der Waals surface area (Å²) < 4.78 is 53.0. The number of nitrogens with one attached hydrogen (secondary N) is 1. The molecule has 0 unspecified atom stereocenters. The van der Waals surface area contributed by atoms with Crippen LogP contribution >= 0.6 is 0 Å². The molecule has 0 aliphatic carbocycles. The van der Waals surface area contributed by atoms with Crippen molar-refractivity contribution in [2.75, 3.05) is 53.7 Å². The first kappa shape index (κ1) is 39.1. The number of halogens is 2. The van der Waals surface area contributed by atoms with E-state index in [0.29, 0.717) is 48.7 Å². The molecule has 282 valence electrons. The largest absolute Gasteiger partial charge is 0.494 e. The monoisotopic (exact) mass is 744 g/mol. The molecule has 0 atom stereocenters. The summed E-state index contributed by atoms with van der Waals surface area (Å²) in [6.07, 6.45) is 0. The van der Waals surface area contributed by atoms with E-state index in [-0.39, 0.29) is 70.9 Å². The number of ether oxygens (including phenoxy) is 4. The fourth-order valence-electron chi connectivity index (χ4n) is 5.64. The van der Waals surface area contributed by atoms with Crippen molar-refractivity contribution in [3.8, 4) is 45.4 Å². The normalized spacial score (nSPS) is 11.0. The lowest BCUT2D eigenvalue weighted by Crippen LogP contribution is -2.27. The molecule has 4 aromatic carbocycles. The minimum absolute atomic E-state index is 0.0195. The number of carbonyl (C=O) groups excluding carboxylic acids is 1. The zero-order valence-corrected chi connectivity index (χ0v) is 29.4. The molecule has 0 aliphatic rings. The van der Waals surface area contributed by atoms with Crippen molar-refractivity contribution in [2.45, 2.75) is 6.54 Å². The Morgan fingerprint density at radius 1 is 0.722 bits per heavy atom. The second kappa shape index (κ2) is 18.1. The lowest BCUT2D eigenvalue weighted by Gasteiger charge is -2.15. The van der Waals surface area contributed by atoms with Crippen molar-refractivity contribution in [3.63, 3.8) is 0 Å². The predicted octanol–water partition coefficient (Wildman–Crippen LogP) is 5.35. The van der Waals surface area contributed by atoms with Crippen molar-refractivity contribution < 1.29 is 52.3 Å². The van der Waals surface area contributed by atoms with Crippen LogP contribution in [0.2, 0.25) is 0 Å². The van der Waals surface area contributed by atoms with Crippen LogP contribution in [0.1, 0.15) is 36.6 Å². The third-order valence-electron chi connectivity index (χ3n) is 8.23. The third kappa shape index (κ3) is 9.25. The molecule has 0 aliphatic heterocycles. The zero-order valence-electron chi connectivity index (χ0n) is 29.4. The second-order valence-electron chi connectivity index (χ2n) is 11.8. The highest BCUT2D eigenvalue weighted by molar-refractivity contribution is 5.96. The van der Waals surface area contributed by atoms with Crippen LogP contribution in [0.25, 0.3) is 33.9 Å². The Hall–Kier alpha value is -6.16. The Balaban J connectivity index is 1.60. The number of carbonyl (C=O) groups is 3. The highest BCUT2D eigenvalue weighted by Crippen LogP contribution is 2.39. The van der Waals surface area contributed by atoms with Crippen LogP contribution < -0.4 is 20.5 Å². The quantitative estimate of drug-likeness (QED) is 0.0849. The Labute approximate surface area is 308 Å². The van der Waals surface area contributed by atoms with Gasteiger partial charge in [-0.1, -0.05) is 12.1 Å². The van der Waals surface area contributed by atoms with Crippen molar-refractivity contribution >= 4 is 17.8 Å². The zero-order chi connectivity index (χ0) is 38.8. The van der Waals surface area contributed by atoms with Crippen LogP contribution in [0.15, 0.2) is 78.9 Å². The van der Waals surface area contributed by atoms with Gasteiger partial charge in [-0.05, 0) is 72.3 Å². The van der Waals surface area contributed by atoms with Crippen LogP contribution in [0, 0.1) is 11.6 Å². The van der Waals surface area contributed by atoms with E-state index in [1.165, 1.54) is 50.6 Å². The van der Waals surface area contributed by atoms with Crippen LogP contribution in [-0.2, 0) is 16.0 Å². The van der Waals surface area contributed by atoms with Gasteiger partial charge in [0.1, 0.15) is 5.82 Å². The van der Waals surface area contributed by atoms with Gasteiger partial charge >= 0.3 is 11.9 Å². The van der Waals surface area contributed by atoms with Crippen LogP contribution in [0.3, 0.4) is 0 Å². The van der Waals surface area contributed by atoms with Gasteiger partial charge in [0, 0.05) is 41.9 Å². The summed E-state index contributed by atoms with van der Waals surface area (Å²) in [7, 11) is 2.64. The van der Waals surface area contributed by atoms with Crippen molar-refractivity contribution in [1.29, 1.82) is 0 Å². The van der Waals surface area contributed by atoms with Gasteiger partial charge in [-0.25, -0.2) is 23.4 Å². The molecule has 54 heavy (non-hydrogen) atoms. The molecule has 0 saturated carbocycles. The summed E-state index contributed by atoms with van der Waals surface area (Å²) in [4.78, 5) is 41.9. The van der Waals surface area contributed by atoms with Gasteiger partial charge in [0.2, 0.25) is 0 Å². The molecule has 5 aromatic rings. The molecule has 0 radical (unpaired) electrons. The first-order valence-corrected chi connectivity index (χ1v) is 16.7. The molecular formula is C39H38F2N4O9. The summed E-state index contributed by atoms with van der Waals surface area (Å²) in [5.74, 6) is -4.42. The summed E-state index contributed by atoms with van der Waals surface area (Å²) in [5.41, 5.74) is 6.93. The number of methoxy groups -OCH3 is 2. The molecule has 1 amide bonds. The van der Waals surface area contributed by atoms with E-state index in [0.717, 1.165) is 6.07 Å². The second-order valence-corrected chi connectivity index (χ2v) is 11.8. The highest BCUT2D eigenvalue weighted by atomic mass is 19.1. The topological polar surface area (TPSA) is 184 Å². The van der Waals surface area contributed by atoms with Crippen molar-refractivity contribution in [3.05, 3.63) is 113 Å². The Kier molecular flexibility index (Phi) is 13.1. The molecule has 5 N–H and O–H groups in total. The number of benzene rings is 4. The van der Waals surface area contributed by atoms with Crippen LogP contribution in [0.5, 0.6) is 11.5 Å². The van der Waals surface area contributed by atoms with E-state index in [2.05, 4.69) is 5.32 Å². The van der Waals surface area contributed by atoms with Gasteiger partial charge < -0.3 is 44.8 Å². The highest BCUT2D eigenvalue weighted by Gasteiger charge is 2.25. The molecule has 5 rings (SSSR count). The summed E-state index contributed by atoms with van der Waals surface area (Å²) in [6.45, 7) is 2.17. The first-order valence-electron chi connectivity index (χ1n) is 16.7. The molecule has 0 fully saturated rings. The average molecular weight is 745 g/mol. The molecule has 15 heteroatoms. The number of aromatic carboxylic acids is 2. The SMILES string of the molecule is COc1ccc(-c2nc(-c3cc(C(=O)O)cc(C(=O)O)c3)n(Cc3ccc(C(=O)NCCOCCOCCN)cc3)c2-c2ccc(OC)c(F)c2)cc1F. The fraction of sp³-hybridized carbons (Fsp3) is 0.231. The van der Waals surface area contributed by atoms with E-state index in [4.69, 9.17) is 29.7 Å². The van der Waals surface area contributed by atoms with Gasteiger partial charge in [-0.15, -0.1) is 0 Å². The van der Waals surface area contributed by atoms with E-state index in [9.17, 15) is 24.6 Å². The van der Waals surface area contributed by atoms with Crippen LogP contribution in [-0.4, -0.2) is 91.3 Å². The van der Waals surface area contributed by atoms with E-state index >= 15 is 8.78 Å². The number of amides is 1. The van der Waals surface area contributed by atoms with Gasteiger partial charge in [-0.3, -0.25) is 4.79 Å². The average Bonchev–Trinajstić information content (AvgIpc) is 3.54. The standard InChI is InChI=1S/C39H38F2N4O9/c1-51-32-9-7-25(20-30(32)40)34-35(26-8-10-33(52-2)31(41)21-26)45(36(44-34)27-17-28(38(47)48)19-29(18-27)39(49)50)22-23-3-5-24(6-4-23)37(46)43-12-14-54-16-15-53-13-11-42/h3-10,17-21H,11-16,22,42H2,1-2H3,(H,43,46)(H,47,48)(H,49,50). The number of hydrogen-bond donors (Lipinski definition) is 4. The first-order chi connectivity index (χ1) is 26.0. The molecule has 0 spiro atoms. The summed E-state index contributed by atoms with van der Waals surface area (Å²) >= 11 is 0. The predicted molar refractivity (Wildman–Crippen MR) is 194 cm³/mol. The number of carboxylic acid groups (broad SMARTS) is 2. The van der Waals surface area contributed by atoms with Gasteiger partial charge in [0.25, 0.3) is 5.91 Å². The number of rotatable bonds is 18. The molecular weight excluding hydrogens is 706 g/mol. The van der Waals surface area contributed by atoms with E-state index in [1.54, 1.807) is 41.0 Å². The molecule has 1 heterocycles. The van der Waals surface area contributed by atoms with E-state index in [1.807, 2.05) is 0 Å². The number of imidazole rings is 1. The number of nitrogens with zero attached hydrogens (tertiary/aromatic N) is 2.